The summed E-state index contributed by atoms with van der Waals surface area (Å²) in [6, 6.07) is 0. The lowest BCUT2D eigenvalue weighted by Gasteiger charge is -2.41. The Morgan fingerprint density at radius 1 is 1.25 bits per heavy atom. The van der Waals surface area contributed by atoms with Gasteiger partial charge in [0.2, 0.25) is 0 Å². The van der Waals surface area contributed by atoms with Gasteiger partial charge in [0.1, 0.15) is 12.4 Å². The van der Waals surface area contributed by atoms with Crippen molar-refractivity contribution in [1.29, 1.82) is 0 Å². The minimum absolute atomic E-state index is 0. The molecule has 2 heterocycles. The molecule has 9 nitrogen and oxygen atoms in total. The summed E-state index contributed by atoms with van der Waals surface area (Å²) < 4.78 is 12.6. The van der Waals surface area contributed by atoms with E-state index < -0.39 is 0 Å². The molecule has 1 aliphatic rings. The van der Waals surface area contributed by atoms with E-state index in [4.69, 9.17) is 14.5 Å². The lowest BCUT2D eigenvalue weighted by molar-refractivity contribution is -0.00834. The zero-order chi connectivity index (χ0) is 19.7. The van der Waals surface area contributed by atoms with Crippen LogP contribution in [0, 0.1) is 6.92 Å². The number of aliphatic imine (C=N–C) groups is 1. The number of rotatable bonds is 9. The van der Waals surface area contributed by atoms with E-state index in [0.717, 1.165) is 70.0 Å². The largest absolute Gasteiger partial charge is 0.385 e. The molecule has 1 aromatic rings. The van der Waals surface area contributed by atoms with Crippen LogP contribution in [0.5, 0.6) is 0 Å². The highest BCUT2D eigenvalue weighted by atomic mass is 127. The predicted molar refractivity (Wildman–Crippen MR) is 121 cm³/mol. The second kappa shape index (κ2) is 12.6. The third-order valence-corrected chi connectivity index (χ3v) is 4.93. The molecule has 1 aliphatic heterocycles. The topological polar surface area (TPSA) is 88.8 Å². The molecule has 0 spiro atoms. The van der Waals surface area contributed by atoms with Crippen molar-refractivity contribution in [2.45, 2.75) is 39.3 Å². The normalized spacial score (nSPS) is 16.0. The zero-order valence-electron chi connectivity index (χ0n) is 17.8. The number of hydrogen-bond acceptors (Lipinski definition) is 6. The average molecular weight is 509 g/mol. The van der Waals surface area contributed by atoms with Gasteiger partial charge in [0.15, 0.2) is 11.8 Å². The molecule has 10 heteroatoms. The van der Waals surface area contributed by atoms with Crippen LogP contribution in [0.25, 0.3) is 0 Å². The Morgan fingerprint density at radius 3 is 2.57 bits per heavy atom. The number of halogens is 1. The van der Waals surface area contributed by atoms with Crippen LogP contribution in [-0.2, 0) is 23.1 Å². The highest BCUT2D eigenvalue weighted by molar-refractivity contribution is 14.0. The van der Waals surface area contributed by atoms with Crippen LogP contribution in [0.3, 0.4) is 0 Å². The van der Waals surface area contributed by atoms with E-state index in [2.05, 4.69) is 39.6 Å². The second-order valence-electron chi connectivity index (χ2n) is 7.43. The van der Waals surface area contributed by atoms with Crippen LogP contribution >= 0.6 is 24.0 Å². The minimum atomic E-state index is 0. The molecular formula is C18H36IN7O2. The summed E-state index contributed by atoms with van der Waals surface area (Å²) >= 11 is 0. The third-order valence-electron chi connectivity index (χ3n) is 4.93. The van der Waals surface area contributed by atoms with E-state index in [1.165, 1.54) is 0 Å². The van der Waals surface area contributed by atoms with Gasteiger partial charge in [-0.25, -0.2) is 4.99 Å². The minimum Gasteiger partial charge on any atom is -0.385 e. The molecule has 0 atom stereocenters. The fraction of sp³-hybridized carbons (Fsp3) is 0.833. The number of nitrogens with zero attached hydrogens (tertiary/aromatic N) is 5. The van der Waals surface area contributed by atoms with Crippen molar-refractivity contribution in [3.63, 3.8) is 0 Å². The maximum absolute atomic E-state index is 5.47. The molecular weight excluding hydrogens is 473 g/mol. The molecule has 0 bridgehead atoms. The van der Waals surface area contributed by atoms with E-state index in [-0.39, 0.29) is 29.5 Å². The predicted octanol–water partition coefficient (Wildman–Crippen LogP) is 0.924. The van der Waals surface area contributed by atoms with Gasteiger partial charge in [-0.3, -0.25) is 4.90 Å². The summed E-state index contributed by atoms with van der Waals surface area (Å²) in [4.78, 5) is 7.16. The molecule has 1 fully saturated rings. The van der Waals surface area contributed by atoms with Gasteiger partial charge >= 0.3 is 0 Å². The van der Waals surface area contributed by atoms with Gasteiger partial charge in [-0.2, -0.15) is 0 Å². The first-order valence-corrected chi connectivity index (χ1v) is 9.63. The summed E-state index contributed by atoms with van der Waals surface area (Å²) in [5, 5.41) is 15.2. The molecule has 0 aliphatic carbocycles. The molecule has 1 saturated heterocycles. The SMILES string of the molecule is COCCCNC(=NCc1nnc(C)n1C)NCC(C)(C)N1CCOCC1.I. The van der Waals surface area contributed by atoms with Gasteiger partial charge in [0, 0.05) is 52.5 Å². The van der Waals surface area contributed by atoms with Gasteiger partial charge in [0.05, 0.1) is 13.2 Å². The van der Waals surface area contributed by atoms with Crippen molar-refractivity contribution < 1.29 is 9.47 Å². The van der Waals surface area contributed by atoms with Crippen LogP contribution in [0.1, 0.15) is 31.9 Å². The number of methoxy groups -OCH3 is 1. The van der Waals surface area contributed by atoms with Crippen molar-refractivity contribution in [3.8, 4) is 0 Å². The van der Waals surface area contributed by atoms with Gasteiger partial charge in [-0.1, -0.05) is 0 Å². The van der Waals surface area contributed by atoms with Gasteiger partial charge in [-0.05, 0) is 27.2 Å². The number of aromatic nitrogens is 3. The van der Waals surface area contributed by atoms with Crippen LogP contribution in [0.4, 0.5) is 0 Å². The summed E-state index contributed by atoms with van der Waals surface area (Å²) in [7, 11) is 3.68. The Hall–Kier alpha value is -0.980. The number of ether oxygens (including phenoxy) is 2. The molecule has 0 radical (unpaired) electrons. The fourth-order valence-corrected chi connectivity index (χ4v) is 2.92. The first kappa shape index (κ1) is 25.1. The fourth-order valence-electron chi connectivity index (χ4n) is 2.92. The Labute approximate surface area is 185 Å². The van der Waals surface area contributed by atoms with Crippen molar-refractivity contribution in [3.05, 3.63) is 11.6 Å². The van der Waals surface area contributed by atoms with Crippen LogP contribution in [0.2, 0.25) is 0 Å². The van der Waals surface area contributed by atoms with Gasteiger partial charge < -0.3 is 24.7 Å². The highest BCUT2D eigenvalue weighted by Gasteiger charge is 2.28. The first-order valence-electron chi connectivity index (χ1n) is 9.63. The number of nitrogens with one attached hydrogen (secondary N) is 2. The monoisotopic (exact) mass is 509 g/mol. The maximum atomic E-state index is 5.47. The highest BCUT2D eigenvalue weighted by Crippen LogP contribution is 2.15. The molecule has 28 heavy (non-hydrogen) atoms. The first-order chi connectivity index (χ1) is 12.9. The summed E-state index contributed by atoms with van der Waals surface area (Å²) in [6.07, 6.45) is 0.924. The van der Waals surface area contributed by atoms with Crippen molar-refractivity contribution in [2.75, 3.05) is 53.1 Å². The smallest absolute Gasteiger partial charge is 0.191 e. The lowest BCUT2D eigenvalue weighted by Crippen LogP contribution is -2.56. The molecule has 2 N–H and O–H groups in total. The second-order valence-corrected chi connectivity index (χ2v) is 7.43. The molecule has 162 valence electrons. The van der Waals surface area contributed by atoms with Gasteiger partial charge in [-0.15, -0.1) is 34.2 Å². The molecule has 0 amide bonds. The van der Waals surface area contributed by atoms with Crippen molar-refractivity contribution >= 4 is 29.9 Å². The number of hydrogen-bond donors (Lipinski definition) is 2. The summed E-state index contributed by atoms with van der Waals surface area (Å²) in [5.74, 6) is 2.52. The maximum Gasteiger partial charge on any atom is 0.191 e. The Bertz CT molecular complexity index is 601. The molecule has 0 unspecified atom stereocenters. The van der Waals surface area contributed by atoms with Crippen LogP contribution in [-0.4, -0.2) is 84.3 Å². The zero-order valence-corrected chi connectivity index (χ0v) is 20.2. The Kier molecular flexibility index (Phi) is 11.2. The van der Waals surface area contributed by atoms with E-state index in [1.807, 2.05) is 18.5 Å². The van der Waals surface area contributed by atoms with Crippen LogP contribution in [0.15, 0.2) is 4.99 Å². The quantitative estimate of drug-likeness (QED) is 0.222. The molecule has 0 aromatic carbocycles. The van der Waals surface area contributed by atoms with Gasteiger partial charge in [0.25, 0.3) is 0 Å². The molecule has 2 rings (SSSR count). The van der Waals surface area contributed by atoms with Crippen LogP contribution < -0.4 is 10.6 Å². The standard InChI is InChI=1S/C18H35N7O2.HI/c1-15-22-23-16(24(15)4)13-20-17(19-7-6-10-26-5)21-14-18(2,3)25-8-11-27-12-9-25;/h6-14H2,1-5H3,(H2,19,20,21);1H. The van der Waals surface area contributed by atoms with E-state index in [0.29, 0.717) is 6.54 Å². The Balaban J connectivity index is 0.00000392. The lowest BCUT2D eigenvalue weighted by atomic mass is 10.0. The summed E-state index contributed by atoms with van der Waals surface area (Å²) in [6.45, 7) is 12.7. The Morgan fingerprint density at radius 2 is 1.96 bits per heavy atom. The van der Waals surface area contributed by atoms with E-state index in [1.54, 1.807) is 7.11 Å². The third kappa shape index (κ3) is 7.80. The number of aryl methyl sites for hydroxylation is 1. The number of guanidine groups is 1. The number of morpholine rings is 1. The van der Waals surface area contributed by atoms with Crippen molar-refractivity contribution in [2.24, 2.45) is 12.0 Å². The summed E-state index contributed by atoms with van der Waals surface area (Å²) in [5.41, 5.74) is 0.0140. The van der Waals surface area contributed by atoms with E-state index in [9.17, 15) is 0 Å². The average Bonchev–Trinajstić information content (AvgIpc) is 2.99. The molecule has 0 saturated carbocycles. The molecule has 1 aromatic heterocycles. The van der Waals surface area contributed by atoms with E-state index >= 15 is 0 Å². The van der Waals surface area contributed by atoms with Crippen molar-refractivity contribution in [1.82, 2.24) is 30.3 Å².